The molecule has 0 bridgehead atoms. The molecule has 0 fully saturated rings. The van der Waals surface area contributed by atoms with E-state index >= 15 is 0 Å². The maximum Gasteiger partial charge on any atom is 0.200 e. The summed E-state index contributed by atoms with van der Waals surface area (Å²) in [6, 6.07) is 17.3. The van der Waals surface area contributed by atoms with Crippen molar-refractivity contribution in [1.29, 1.82) is 0 Å². The van der Waals surface area contributed by atoms with E-state index in [-0.39, 0.29) is 10.9 Å². The lowest BCUT2D eigenvalue weighted by Crippen LogP contribution is -2.15. The average molecular weight is 681 g/mol. The van der Waals surface area contributed by atoms with Gasteiger partial charge in [-0.1, -0.05) is 12.1 Å². The lowest BCUT2D eigenvalue weighted by molar-refractivity contribution is 0.171. The number of fused-ring (bicyclic) bond motifs is 4. The van der Waals surface area contributed by atoms with E-state index in [0.29, 0.717) is 117 Å². The van der Waals surface area contributed by atoms with Crippen molar-refractivity contribution >= 4 is 21.9 Å². The van der Waals surface area contributed by atoms with Crippen LogP contribution in [-0.4, -0.2) is 54.9 Å². The topological polar surface area (TPSA) is 134 Å². The molecule has 12 heteroatoms. The molecule has 0 radical (unpaired) electrons. The second-order valence-corrected chi connectivity index (χ2v) is 11.1. The highest BCUT2D eigenvalue weighted by Crippen LogP contribution is 2.37. The maximum absolute atomic E-state index is 12.9. The molecule has 0 spiro atoms. The highest BCUT2D eigenvalue weighted by molar-refractivity contribution is 5.86. The normalized spacial score (nSPS) is 12.9. The van der Waals surface area contributed by atoms with E-state index in [4.69, 9.17) is 46.7 Å². The van der Waals surface area contributed by atoms with Crippen LogP contribution in [0.3, 0.4) is 0 Å². The van der Waals surface area contributed by atoms with Crippen LogP contribution in [0.1, 0.15) is 0 Å². The van der Waals surface area contributed by atoms with E-state index < -0.39 is 0 Å². The van der Waals surface area contributed by atoms with Crippen LogP contribution in [0.5, 0.6) is 46.0 Å². The second-order valence-electron chi connectivity index (χ2n) is 11.1. The highest BCUT2D eigenvalue weighted by Gasteiger charge is 2.19. The Bertz CT molecular complexity index is 2170. The van der Waals surface area contributed by atoms with Crippen LogP contribution < -0.4 is 48.8 Å². The van der Waals surface area contributed by atoms with Gasteiger partial charge in [-0.05, 0) is 47.5 Å². The highest BCUT2D eigenvalue weighted by atomic mass is 16.6. The quantitative estimate of drug-likeness (QED) is 0.190. The predicted molar refractivity (Wildman–Crippen MR) is 184 cm³/mol. The second kappa shape index (κ2) is 13.7. The smallest absolute Gasteiger partial charge is 0.200 e. The van der Waals surface area contributed by atoms with Gasteiger partial charge in [0.2, 0.25) is 10.9 Å². The molecule has 2 aliphatic heterocycles. The van der Waals surface area contributed by atoms with E-state index in [9.17, 15) is 9.59 Å². The Morgan fingerprint density at radius 2 is 0.820 bits per heavy atom. The number of benzene rings is 4. The molecule has 8 rings (SSSR count). The molecule has 256 valence electrons. The van der Waals surface area contributed by atoms with Gasteiger partial charge in [0.1, 0.15) is 50.1 Å². The largest absolute Gasteiger partial charge is 0.493 e. The SMILES string of the molecule is COc1cc2occ(-c3ccc4c(c3)OCCO4)c(=O)c2cc1OC.COc1cc2occ(-c3ccc4c(c3)OCCO4)c(=O)c2cc1OC. The van der Waals surface area contributed by atoms with Crippen molar-refractivity contribution in [2.45, 2.75) is 0 Å². The summed E-state index contributed by atoms with van der Waals surface area (Å²) in [5.74, 6) is 4.54. The van der Waals surface area contributed by atoms with Gasteiger partial charge in [0, 0.05) is 12.1 Å². The Labute approximate surface area is 285 Å². The zero-order valence-electron chi connectivity index (χ0n) is 27.7. The predicted octanol–water partition coefficient (Wildman–Crippen LogP) is 6.50. The first-order valence-corrected chi connectivity index (χ1v) is 15.6. The minimum Gasteiger partial charge on any atom is -0.493 e. The van der Waals surface area contributed by atoms with Crippen LogP contribution in [0.15, 0.2) is 91.6 Å². The van der Waals surface area contributed by atoms with Crippen LogP contribution in [0.4, 0.5) is 0 Å². The van der Waals surface area contributed by atoms with Gasteiger partial charge < -0.3 is 46.7 Å². The van der Waals surface area contributed by atoms with Crippen LogP contribution in [0.2, 0.25) is 0 Å². The third kappa shape index (κ3) is 5.96. The van der Waals surface area contributed by atoms with Gasteiger partial charge in [-0.15, -0.1) is 0 Å². The van der Waals surface area contributed by atoms with E-state index in [2.05, 4.69) is 0 Å². The van der Waals surface area contributed by atoms with Gasteiger partial charge in [0.15, 0.2) is 46.0 Å². The molecule has 12 nitrogen and oxygen atoms in total. The standard InChI is InChI=1S/2C19H16O6/c2*1-21-16-8-12-15(9-17(16)22-2)25-10-13(19(12)20)11-3-4-14-18(7-11)24-6-5-23-14/h2*3-4,7-10H,5-6H2,1-2H3. The third-order valence-corrected chi connectivity index (χ3v) is 8.26. The number of ether oxygens (including phenoxy) is 8. The molecular weight excluding hydrogens is 648 g/mol. The molecule has 0 saturated heterocycles. The van der Waals surface area contributed by atoms with Crippen molar-refractivity contribution in [3.05, 3.63) is 93.6 Å². The van der Waals surface area contributed by atoms with Crippen molar-refractivity contribution in [2.75, 3.05) is 54.9 Å². The van der Waals surface area contributed by atoms with Gasteiger partial charge in [0.25, 0.3) is 0 Å². The van der Waals surface area contributed by atoms with Crippen LogP contribution in [0.25, 0.3) is 44.2 Å². The summed E-state index contributed by atoms with van der Waals surface area (Å²) in [6.07, 6.45) is 2.89. The molecule has 0 atom stereocenters. The van der Waals surface area contributed by atoms with E-state index in [1.807, 2.05) is 12.1 Å². The molecule has 6 aromatic rings. The lowest BCUT2D eigenvalue weighted by Gasteiger charge is -2.18. The monoisotopic (exact) mass is 680 g/mol. The third-order valence-electron chi connectivity index (χ3n) is 8.26. The summed E-state index contributed by atoms with van der Waals surface area (Å²) >= 11 is 0. The molecule has 2 aromatic heterocycles. The van der Waals surface area contributed by atoms with Crippen molar-refractivity contribution in [2.24, 2.45) is 0 Å². The van der Waals surface area contributed by atoms with Crippen LogP contribution >= 0.6 is 0 Å². The summed E-state index contributed by atoms with van der Waals surface area (Å²) in [6.45, 7) is 2.01. The van der Waals surface area contributed by atoms with Gasteiger partial charge in [-0.2, -0.15) is 0 Å². The molecule has 4 aromatic carbocycles. The maximum atomic E-state index is 12.9. The molecular formula is C38H32O12. The van der Waals surface area contributed by atoms with E-state index in [1.54, 1.807) is 48.5 Å². The van der Waals surface area contributed by atoms with Crippen LogP contribution in [-0.2, 0) is 0 Å². The summed E-state index contributed by atoms with van der Waals surface area (Å²) in [4.78, 5) is 25.9. The van der Waals surface area contributed by atoms with Crippen molar-refractivity contribution in [3.8, 4) is 68.2 Å². The van der Waals surface area contributed by atoms with Crippen molar-refractivity contribution < 1.29 is 46.7 Å². The van der Waals surface area contributed by atoms with E-state index in [1.165, 1.54) is 41.0 Å². The van der Waals surface area contributed by atoms with Gasteiger partial charge in [-0.3, -0.25) is 9.59 Å². The fourth-order valence-electron chi connectivity index (χ4n) is 5.73. The van der Waals surface area contributed by atoms with Gasteiger partial charge >= 0.3 is 0 Å². The minimum absolute atomic E-state index is 0.154. The molecule has 0 aliphatic carbocycles. The number of hydrogen-bond acceptors (Lipinski definition) is 12. The molecule has 4 heterocycles. The van der Waals surface area contributed by atoms with Crippen LogP contribution in [0, 0.1) is 0 Å². The van der Waals surface area contributed by atoms with Crippen molar-refractivity contribution in [3.63, 3.8) is 0 Å². The summed E-state index contributed by atoms with van der Waals surface area (Å²) in [7, 11) is 6.11. The Morgan fingerprint density at radius 1 is 0.460 bits per heavy atom. The Morgan fingerprint density at radius 3 is 1.20 bits per heavy atom. The summed E-state index contributed by atoms with van der Waals surface area (Å²) < 4.78 is 54.6. The summed E-state index contributed by atoms with van der Waals surface area (Å²) in [5.41, 5.74) is 2.85. The fourth-order valence-corrected chi connectivity index (χ4v) is 5.73. The van der Waals surface area contributed by atoms with Crippen molar-refractivity contribution in [1.82, 2.24) is 0 Å². The number of methoxy groups -OCH3 is 4. The minimum atomic E-state index is -0.154. The molecule has 2 aliphatic rings. The molecule has 0 amide bonds. The molecule has 50 heavy (non-hydrogen) atoms. The van der Waals surface area contributed by atoms with Gasteiger partial charge in [-0.25, -0.2) is 0 Å². The number of hydrogen-bond donors (Lipinski definition) is 0. The summed E-state index contributed by atoms with van der Waals surface area (Å²) in [5, 5.41) is 0.843. The Hall–Kier alpha value is -6.30. The zero-order valence-corrected chi connectivity index (χ0v) is 27.7. The average Bonchev–Trinajstić information content (AvgIpc) is 3.17. The first-order valence-electron chi connectivity index (χ1n) is 15.6. The first kappa shape index (κ1) is 32.3. The lowest BCUT2D eigenvalue weighted by atomic mass is 10.0. The molecule has 0 N–H and O–H groups in total. The zero-order chi connectivity index (χ0) is 34.8. The number of rotatable bonds is 6. The molecule has 0 unspecified atom stereocenters. The Kier molecular flexibility index (Phi) is 8.82. The first-order chi connectivity index (χ1) is 24.4. The Balaban J connectivity index is 0.000000157. The molecule has 0 saturated carbocycles. The van der Waals surface area contributed by atoms with E-state index in [0.717, 1.165) is 0 Å². The van der Waals surface area contributed by atoms with Gasteiger partial charge in [0.05, 0.1) is 50.3 Å². The fraction of sp³-hybridized carbons (Fsp3) is 0.211.